The standard InChI is InChI=1S/C14H25BO/c1-8(2)6-14-7-10(5)11(13(15)16-14)12(14)9(3)4/h8-13H,6-7H2,1-5H3/t10-,11?,12-,13?,14?/m0/s1. The zero-order valence-corrected chi connectivity index (χ0v) is 11.4. The molecule has 0 aromatic heterocycles. The number of ether oxygens (including phenoxy) is 1. The fraction of sp³-hybridized carbons (Fsp3) is 1.00. The van der Waals surface area contributed by atoms with Gasteiger partial charge in [0.2, 0.25) is 0 Å². The zero-order chi connectivity index (χ0) is 12.1. The summed E-state index contributed by atoms with van der Waals surface area (Å²) in [6, 6.07) is -0.0186. The maximum absolute atomic E-state index is 6.18. The molecule has 2 aliphatic rings. The minimum absolute atomic E-state index is 0.0186. The van der Waals surface area contributed by atoms with E-state index in [4.69, 9.17) is 12.6 Å². The van der Waals surface area contributed by atoms with Crippen LogP contribution in [0.1, 0.15) is 47.5 Å². The SMILES string of the molecule is [B]C1OC2(CC(C)C)C[C@H](C)C1[C@@H]2C(C)C. The molecule has 0 aromatic carbocycles. The number of rotatable bonds is 3. The van der Waals surface area contributed by atoms with E-state index >= 15 is 0 Å². The Bertz CT molecular complexity index is 249. The molecule has 3 unspecified atom stereocenters. The van der Waals surface area contributed by atoms with Crippen molar-refractivity contribution in [3.8, 4) is 0 Å². The normalized spacial score (nSPS) is 47.2. The van der Waals surface area contributed by atoms with E-state index in [0.29, 0.717) is 23.7 Å². The Balaban J connectivity index is 2.28. The van der Waals surface area contributed by atoms with Crippen molar-refractivity contribution < 1.29 is 4.74 Å². The highest BCUT2D eigenvalue weighted by atomic mass is 16.5. The van der Waals surface area contributed by atoms with Crippen LogP contribution in [0.5, 0.6) is 0 Å². The van der Waals surface area contributed by atoms with Gasteiger partial charge in [-0.1, -0.05) is 34.6 Å². The van der Waals surface area contributed by atoms with Crippen molar-refractivity contribution >= 4 is 7.85 Å². The molecule has 90 valence electrons. The Kier molecular flexibility index (Phi) is 3.16. The average Bonchev–Trinajstić information content (AvgIpc) is 2.49. The lowest BCUT2D eigenvalue weighted by Crippen LogP contribution is -2.38. The van der Waals surface area contributed by atoms with Crippen molar-refractivity contribution in [2.45, 2.75) is 59.1 Å². The van der Waals surface area contributed by atoms with E-state index in [-0.39, 0.29) is 11.6 Å². The molecule has 0 aromatic rings. The average molecular weight is 220 g/mol. The Morgan fingerprint density at radius 2 is 1.94 bits per heavy atom. The molecule has 1 saturated carbocycles. The predicted octanol–water partition coefficient (Wildman–Crippen LogP) is 3.22. The minimum Gasteiger partial charge on any atom is -0.381 e. The second-order valence-electron chi connectivity index (χ2n) is 6.77. The van der Waals surface area contributed by atoms with E-state index in [1.165, 1.54) is 12.8 Å². The van der Waals surface area contributed by atoms with Gasteiger partial charge in [0.15, 0.2) is 0 Å². The maximum atomic E-state index is 6.18. The van der Waals surface area contributed by atoms with Gasteiger partial charge in [-0.15, -0.1) is 0 Å². The highest BCUT2D eigenvalue weighted by molar-refractivity contribution is 6.11. The van der Waals surface area contributed by atoms with Gasteiger partial charge in [0.05, 0.1) is 5.60 Å². The van der Waals surface area contributed by atoms with Gasteiger partial charge in [0.1, 0.15) is 7.85 Å². The fourth-order valence-electron chi connectivity index (χ4n) is 4.54. The lowest BCUT2D eigenvalue weighted by atomic mass is 9.72. The summed E-state index contributed by atoms with van der Waals surface area (Å²) in [7, 11) is 6.18. The van der Waals surface area contributed by atoms with Crippen LogP contribution in [0.25, 0.3) is 0 Å². The van der Waals surface area contributed by atoms with Crippen LogP contribution in [-0.4, -0.2) is 19.5 Å². The van der Waals surface area contributed by atoms with Gasteiger partial charge >= 0.3 is 0 Å². The van der Waals surface area contributed by atoms with Crippen LogP contribution in [0, 0.1) is 29.6 Å². The Morgan fingerprint density at radius 3 is 2.38 bits per heavy atom. The van der Waals surface area contributed by atoms with E-state index in [1.54, 1.807) is 0 Å². The van der Waals surface area contributed by atoms with Crippen LogP contribution < -0.4 is 0 Å². The summed E-state index contributed by atoms with van der Waals surface area (Å²) in [5.74, 6) is 3.35. The van der Waals surface area contributed by atoms with Crippen LogP contribution in [0.15, 0.2) is 0 Å². The molecule has 0 N–H and O–H groups in total. The molecule has 2 radical (unpaired) electrons. The van der Waals surface area contributed by atoms with Crippen molar-refractivity contribution in [2.24, 2.45) is 29.6 Å². The van der Waals surface area contributed by atoms with Gasteiger partial charge in [-0.05, 0) is 42.4 Å². The van der Waals surface area contributed by atoms with Gasteiger partial charge in [-0.25, -0.2) is 0 Å². The second-order valence-corrected chi connectivity index (χ2v) is 6.77. The Labute approximate surface area is 102 Å². The fourth-order valence-corrected chi connectivity index (χ4v) is 4.54. The number of hydrogen-bond donors (Lipinski definition) is 0. The summed E-state index contributed by atoms with van der Waals surface area (Å²) in [5.41, 5.74) is 0.0891. The van der Waals surface area contributed by atoms with Crippen LogP contribution in [0.4, 0.5) is 0 Å². The molecule has 2 rings (SSSR count). The molecule has 1 saturated heterocycles. The molecule has 0 spiro atoms. The first-order chi connectivity index (χ1) is 7.37. The summed E-state index contributed by atoms with van der Waals surface area (Å²) in [6.45, 7) is 11.6. The lowest BCUT2D eigenvalue weighted by Gasteiger charge is -2.36. The van der Waals surface area contributed by atoms with Gasteiger partial charge in [-0.3, -0.25) is 0 Å². The zero-order valence-electron chi connectivity index (χ0n) is 11.4. The second kappa shape index (κ2) is 4.05. The van der Waals surface area contributed by atoms with Crippen LogP contribution in [-0.2, 0) is 4.74 Å². The summed E-state index contributed by atoms with van der Waals surface area (Å²) >= 11 is 0. The Morgan fingerprint density at radius 1 is 1.31 bits per heavy atom. The molecule has 1 nitrogen and oxygen atoms in total. The first kappa shape index (κ1) is 12.5. The quantitative estimate of drug-likeness (QED) is 0.663. The van der Waals surface area contributed by atoms with E-state index in [0.717, 1.165) is 5.92 Å². The summed E-state index contributed by atoms with van der Waals surface area (Å²) < 4.78 is 6.18. The lowest BCUT2D eigenvalue weighted by molar-refractivity contribution is -0.0763. The van der Waals surface area contributed by atoms with Crippen molar-refractivity contribution in [1.29, 1.82) is 0 Å². The van der Waals surface area contributed by atoms with Crippen molar-refractivity contribution in [1.82, 2.24) is 0 Å². The Hall–Kier alpha value is 0.0249. The maximum Gasteiger partial charge on any atom is 0.109 e. The minimum atomic E-state index is -0.0186. The highest BCUT2D eigenvalue weighted by Crippen LogP contribution is 2.59. The number of hydrogen-bond acceptors (Lipinski definition) is 1. The largest absolute Gasteiger partial charge is 0.381 e. The molecule has 1 aliphatic heterocycles. The molecule has 2 heteroatoms. The summed E-state index contributed by atoms with van der Waals surface area (Å²) in [5, 5.41) is 0. The molecule has 0 amide bonds. The predicted molar refractivity (Wildman–Crippen MR) is 68.4 cm³/mol. The van der Waals surface area contributed by atoms with E-state index in [1.807, 2.05) is 0 Å². The van der Waals surface area contributed by atoms with Gasteiger partial charge in [0, 0.05) is 6.00 Å². The molecule has 2 bridgehead atoms. The highest BCUT2D eigenvalue weighted by Gasteiger charge is 2.61. The third-order valence-electron chi connectivity index (χ3n) is 4.57. The van der Waals surface area contributed by atoms with Gasteiger partial charge < -0.3 is 4.74 Å². The molecule has 16 heavy (non-hydrogen) atoms. The van der Waals surface area contributed by atoms with E-state index < -0.39 is 0 Å². The topological polar surface area (TPSA) is 9.23 Å². The first-order valence-corrected chi connectivity index (χ1v) is 6.81. The third-order valence-corrected chi connectivity index (χ3v) is 4.57. The molecule has 5 atom stereocenters. The van der Waals surface area contributed by atoms with Crippen molar-refractivity contribution in [3.05, 3.63) is 0 Å². The van der Waals surface area contributed by atoms with Crippen molar-refractivity contribution in [3.63, 3.8) is 0 Å². The van der Waals surface area contributed by atoms with Gasteiger partial charge in [0.25, 0.3) is 0 Å². The van der Waals surface area contributed by atoms with Crippen LogP contribution >= 0.6 is 0 Å². The summed E-state index contributed by atoms with van der Waals surface area (Å²) in [6.07, 6.45) is 2.39. The molecular weight excluding hydrogens is 195 g/mol. The molecule has 1 heterocycles. The smallest absolute Gasteiger partial charge is 0.109 e. The number of fused-ring (bicyclic) bond motifs is 2. The van der Waals surface area contributed by atoms with E-state index in [2.05, 4.69) is 34.6 Å². The van der Waals surface area contributed by atoms with Crippen LogP contribution in [0.2, 0.25) is 0 Å². The summed E-state index contributed by atoms with van der Waals surface area (Å²) in [4.78, 5) is 0. The first-order valence-electron chi connectivity index (χ1n) is 6.81. The molecular formula is C14H25BO. The molecule has 1 aliphatic carbocycles. The molecule has 2 fully saturated rings. The van der Waals surface area contributed by atoms with Gasteiger partial charge in [-0.2, -0.15) is 0 Å². The monoisotopic (exact) mass is 220 g/mol. The van der Waals surface area contributed by atoms with E-state index in [9.17, 15) is 0 Å². The third kappa shape index (κ3) is 1.74. The van der Waals surface area contributed by atoms with Crippen molar-refractivity contribution in [2.75, 3.05) is 0 Å². The van der Waals surface area contributed by atoms with Crippen LogP contribution in [0.3, 0.4) is 0 Å².